The zero-order chi connectivity index (χ0) is 13.8. The van der Waals surface area contributed by atoms with Gasteiger partial charge in [-0.15, -0.1) is 0 Å². The predicted molar refractivity (Wildman–Crippen MR) is 71.6 cm³/mol. The van der Waals surface area contributed by atoms with E-state index in [-0.39, 0.29) is 18.2 Å². The highest BCUT2D eigenvalue weighted by Gasteiger charge is 2.24. The van der Waals surface area contributed by atoms with Crippen LogP contribution in [0.15, 0.2) is 0 Å². The Morgan fingerprint density at radius 1 is 1.39 bits per heavy atom. The van der Waals surface area contributed by atoms with Gasteiger partial charge in [0, 0.05) is 6.42 Å². The van der Waals surface area contributed by atoms with Crippen molar-refractivity contribution >= 4 is 15.9 Å². The molecule has 1 fully saturated rings. The minimum atomic E-state index is -3.49. The molecule has 18 heavy (non-hydrogen) atoms. The second-order valence-corrected chi connectivity index (χ2v) is 7.64. The minimum absolute atomic E-state index is 0.208. The fourth-order valence-corrected chi connectivity index (χ4v) is 2.78. The van der Waals surface area contributed by atoms with Crippen molar-refractivity contribution in [1.82, 2.24) is 10.0 Å². The van der Waals surface area contributed by atoms with Crippen LogP contribution in [0.1, 0.15) is 40.0 Å². The van der Waals surface area contributed by atoms with Crippen molar-refractivity contribution in [3.05, 3.63) is 0 Å². The number of amides is 1. The molecule has 0 saturated carbocycles. The number of carbonyl (C=O) groups is 1. The summed E-state index contributed by atoms with van der Waals surface area (Å²) in [6, 6.07) is 0. The molecule has 1 heterocycles. The van der Waals surface area contributed by atoms with Crippen LogP contribution < -0.4 is 10.0 Å². The van der Waals surface area contributed by atoms with E-state index in [9.17, 15) is 13.2 Å². The lowest BCUT2D eigenvalue weighted by atomic mass is 9.85. The topological polar surface area (TPSA) is 75.3 Å². The van der Waals surface area contributed by atoms with Crippen molar-refractivity contribution in [2.45, 2.75) is 45.3 Å². The molecule has 106 valence electrons. The first-order valence-corrected chi connectivity index (χ1v) is 8.12. The second-order valence-electron chi connectivity index (χ2n) is 5.41. The molecule has 1 rings (SSSR count). The monoisotopic (exact) mass is 276 g/mol. The Bertz CT molecular complexity index is 373. The second kappa shape index (κ2) is 6.52. The third-order valence-corrected chi connectivity index (χ3v) is 5.28. The van der Waals surface area contributed by atoms with Gasteiger partial charge in [0.05, 0.1) is 5.25 Å². The smallest absolute Gasteiger partial charge is 0.237 e. The molecule has 1 amide bonds. The number of hydrogen-bond acceptors (Lipinski definition) is 4. The Morgan fingerprint density at radius 2 is 2.06 bits per heavy atom. The van der Waals surface area contributed by atoms with Gasteiger partial charge in [0.2, 0.25) is 15.9 Å². The van der Waals surface area contributed by atoms with E-state index in [4.69, 9.17) is 0 Å². The molecule has 0 aromatic heterocycles. The summed E-state index contributed by atoms with van der Waals surface area (Å²) in [4.78, 5) is 11.7. The quantitative estimate of drug-likeness (QED) is 0.781. The molecule has 2 N–H and O–H groups in total. The van der Waals surface area contributed by atoms with Crippen molar-refractivity contribution in [3.8, 4) is 0 Å². The summed E-state index contributed by atoms with van der Waals surface area (Å²) in [5.74, 6) is 0.285. The summed E-state index contributed by atoms with van der Waals surface area (Å²) < 4.78 is 25.2. The van der Waals surface area contributed by atoms with Gasteiger partial charge in [-0.25, -0.2) is 8.42 Å². The van der Waals surface area contributed by atoms with Crippen LogP contribution in [-0.2, 0) is 14.8 Å². The van der Waals surface area contributed by atoms with Gasteiger partial charge in [0.15, 0.2) is 0 Å². The van der Waals surface area contributed by atoms with Gasteiger partial charge in [0.1, 0.15) is 0 Å². The fraction of sp³-hybridized carbons (Fsp3) is 0.917. The van der Waals surface area contributed by atoms with Gasteiger partial charge in [-0.3, -0.25) is 9.52 Å². The van der Waals surface area contributed by atoms with E-state index in [1.54, 1.807) is 13.8 Å². The van der Waals surface area contributed by atoms with Crippen LogP contribution >= 0.6 is 0 Å². The van der Waals surface area contributed by atoms with Crippen LogP contribution in [0.5, 0.6) is 0 Å². The summed E-state index contributed by atoms with van der Waals surface area (Å²) in [6.45, 7) is 7.09. The van der Waals surface area contributed by atoms with E-state index in [0.717, 1.165) is 25.9 Å². The average molecular weight is 276 g/mol. The van der Waals surface area contributed by atoms with Crippen molar-refractivity contribution in [3.63, 3.8) is 0 Å². The van der Waals surface area contributed by atoms with E-state index in [1.807, 2.05) is 6.92 Å². The molecule has 2 atom stereocenters. The third-order valence-electron chi connectivity index (χ3n) is 3.52. The van der Waals surface area contributed by atoms with Crippen LogP contribution in [0.3, 0.4) is 0 Å². The van der Waals surface area contributed by atoms with Crippen LogP contribution in [0.4, 0.5) is 0 Å². The highest BCUT2D eigenvalue weighted by molar-refractivity contribution is 7.90. The SMILES string of the molecule is CC(CC(=O)NS(=O)(=O)C(C)C)C1CCCNC1. The number of hydrogen-bond donors (Lipinski definition) is 2. The largest absolute Gasteiger partial charge is 0.316 e. The van der Waals surface area contributed by atoms with Gasteiger partial charge in [-0.1, -0.05) is 6.92 Å². The molecule has 0 aromatic carbocycles. The molecule has 0 spiro atoms. The molecule has 0 bridgehead atoms. The molecule has 2 unspecified atom stereocenters. The molecular formula is C12H24N2O3S. The molecule has 0 aliphatic carbocycles. The number of piperidine rings is 1. The van der Waals surface area contributed by atoms with Gasteiger partial charge < -0.3 is 5.32 Å². The molecule has 6 heteroatoms. The third kappa shape index (κ3) is 4.57. The number of carbonyl (C=O) groups excluding carboxylic acids is 1. The summed E-state index contributed by atoms with van der Waals surface area (Å²) in [5, 5.41) is 2.73. The Labute approximate surface area is 110 Å². The summed E-state index contributed by atoms with van der Waals surface area (Å²) in [7, 11) is -3.49. The summed E-state index contributed by atoms with van der Waals surface area (Å²) in [5.41, 5.74) is 0. The zero-order valence-corrected chi connectivity index (χ0v) is 12.2. The lowest BCUT2D eigenvalue weighted by Crippen LogP contribution is -2.39. The molecule has 1 saturated heterocycles. The van der Waals surface area contributed by atoms with Crippen molar-refractivity contribution in [2.75, 3.05) is 13.1 Å². The van der Waals surface area contributed by atoms with Crippen LogP contribution in [0.25, 0.3) is 0 Å². The van der Waals surface area contributed by atoms with Crippen molar-refractivity contribution in [1.29, 1.82) is 0 Å². The standard InChI is InChI=1S/C12H24N2O3S/c1-9(2)18(16,17)14-12(15)7-10(3)11-5-4-6-13-8-11/h9-11,13H,4-8H2,1-3H3,(H,14,15). The number of nitrogens with one attached hydrogen (secondary N) is 2. The summed E-state index contributed by atoms with van der Waals surface area (Å²) in [6.07, 6.45) is 2.51. The van der Waals surface area contributed by atoms with Crippen molar-refractivity contribution in [2.24, 2.45) is 11.8 Å². The predicted octanol–water partition coefficient (Wildman–Crippen LogP) is 0.867. The molecule has 0 radical (unpaired) electrons. The highest BCUT2D eigenvalue weighted by atomic mass is 32.2. The maximum atomic E-state index is 11.7. The fourth-order valence-electron chi connectivity index (χ4n) is 2.14. The highest BCUT2D eigenvalue weighted by Crippen LogP contribution is 2.22. The first-order valence-electron chi connectivity index (χ1n) is 6.58. The first kappa shape index (κ1) is 15.4. The Kier molecular flexibility index (Phi) is 5.59. The average Bonchev–Trinajstić information content (AvgIpc) is 2.29. The molecule has 0 aromatic rings. The van der Waals surface area contributed by atoms with Gasteiger partial charge in [-0.05, 0) is 51.6 Å². The first-order chi connectivity index (χ1) is 8.33. The Morgan fingerprint density at radius 3 is 2.56 bits per heavy atom. The molecule has 1 aliphatic rings. The van der Waals surface area contributed by atoms with E-state index in [2.05, 4.69) is 10.0 Å². The lowest BCUT2D eigenvalue weighted by Gasteiger charge is -2.28. The Balaban J connectivity index is 2.44. The zero-order valence-electron chi connectivity index (χ0n) is 11.4. The number of sulfonamides is 1. The van der Waals surface area contributed by atoms with E-state index in [1.165, 1.54) is 0 Å². The maximum absolute atomic E-state index is 11.7. The number of rotatable bonds is 5. The molecule has 5 nitrogen and oxygen atoms in total. The van der Waals surface area contributed by atoms with E-state index in [0.29, 0.717) is 5.92 Å². The molecule has 1 aliphatic heterocycles. The van der Waals surface area contributed by atoms with Crippen LogP contribution in [0.2, 0.25) is 0 Å². The maximum Gasteiger partial charge on any atom is 0.237 e. The van der Waals surface area contributed by atoms with Crippen LogP contribution in [-0.4, -0.2) is 32.7 Å². The molecular weight excluding hydrogens is 252 g/mol. The van der Waals surface area contributed by atoms with Crippen molar-refractivity contribution < 1.29 is 13.2 Å². The van der Waals surface area contributed by atoms with E-state index >= 15 is 0 Å². The Hall–Kier alpha value is -0.620. The van der Waals surface area contributed by atoms with E-state index < -0.39 is 15.3 Å². The van der Waals surface area contributed by atoms with Crippen LogP contribution in [0, 0.1) is 11.8 Å². The lowest BCUT2D eigenvalue weighted by molar-refractivity contribution is -0.120. The van der Waals surface area contributed by atoms with Gasteiger partial charge >= 0.3 is 0 Å². The normalized spacial score (nSPS) is 22.8. The minimum Gasteiger partial charge on any atom is -0.316 e. The van der Waals surface area contributed by atoms with Gasteiger partial charge in [-0.2, -0.15) is 0 Å². The summed E-state index contributed by atoms with van der Waals surface area (Å²) >= 11 is 0. The van der Waals surface area contributed by atoms with Gasteiger partial charge in [0.25, 0.3) is 0 Å².